The maximum absolute atomic E-state index is 10.7. The molecule has 0 heterocycles. The molecule has 0 aromatic heterocycles. The number of para-hydroxylation sites is 1. The minimum atomic E-state index is -3.36. The van der Waals surface area contributed by atoms with Gasteiger partial charge in [0.15, 0.2) is 5.75 Å². The zero-order chi connectivity index (χ0) is 13.6. The van der Waals surface area contributed by atoms with E-state index in [4.69, 9.17) is 33.1 Å². The largest absolute Gasteiger partial charge is 0.490 e. The molecule has 0 unspecified atom stereocenters. The number of benzene rings is 1. The van der Waals surface area contributed by atoms with Crippen LogP contribution >= 0.6 is 23.2 Å². The SMILES string of the molecule is NS(=O)(=O)CCCCCOc1c(Cl)cccc1Cl. The molecule has 0 aliphatic rings. The van der Waals surface area contributed by atoms with Crippen molar-refractivity contribution in [3.63, 3.8) is 0 Å². The molecular weight excluding hydrogens is 297 g/mol. The molecule has 2 N–H and O–H groups in total. The number of nitrogens with two attached hydrogens (primary N) is 1. The van der Waals surface area contributed by atoms with Gasteiger partial charge in [-0.25, -0.2) is 13.6 Å². The van der Waals surface area contributed by atoms with E-state index in [1.807, 2.05) is 0 Å². The van der Waals surface area contributed by atoms with Gasteiger partial charge in [0.1, 0.15) is 0 Å². The standard InChI is InChI=1S/C11H15Cl2NO3S/c12-9-5-4-6-10(13)11(9)17-7-2-1-3-8-18(14,15)16/h4-6H,1-3,7-8H2,(H2,14,15,16). The van der Waals surface area contributed by atoms with E-state index >= 15 is 0 Å². The van der Waals surface area contributed by atoms with Crippen LogP contribution < -0.4 is 9.88 Å². The fourth-order valence-electron chi connectivity index (χ4n) is 1.38. The van der Waals surface area contributed by atoms with Crippen molar-refractivity contribution in [2.24, 2.45) is 5.14 Å². The number of hydrogen-bond donors (Lipinski definition) is 1. The van der Waals surface area contributed by atoms with Crippen LogP contribution in [0.2, 0.25) is 10.0 Å². The lowest BCUT2D eigenvalue weighted by Crippen LogP contribution is -2.16. The highest BCUT2D eigenvalue weighted by Gasteiger charge is 2.06. The third-order valence-corrected chi connectivity index (χ3v) is 3.69. The van der Waals surface area contributed by atoms with E-state index in [0.717, 1.165) is 12.8 Å². The Morgan fingerprint density at radius 1 is 1.11 bits per heavy atom. The molecule has 0 saturated carbocycles. The molecule has 0 aliphatic heterocycles. The molecule has 0 atom stereocenters. The number of unbranched alkanes of at least 4 members (excludes halogenated alkanes) is 2. The van der Waals surface area contributed by atoms with Crippen molar-refractivity contribution in [1.29, 1.82) is 0 Å². The van der Waals surface area contributed by atoms with Gasteiger partial charge in [-0.05, 0) is 31.4 Å². The van der Waals surface area contributed by atoms with Crippen molar-refractivity contribution in [2.75, 3.05) is 12.4 Å². The highest BCUT2D eigenvalue weighted by molar-refractivity contribution is 7.89. The van der Waals surface area contributed by atoms with Gasteiger partial charge in [0.2, 0.25) is 10.0 Å². The van der Waals surface area contributed by atoms with Crippen molar-refractivity contribution in [2.45, 2.75) is 19.3 Å². The Bertz CT molecular complexity index is 471. The normalized spacial score (nSPS) is 11.5. The Morgan fingerprint density at radius 3 is 2.28 bits per heavy atom. The summed E-state index contributed by atoms with van der Waals surface area (Å²) >= 11 is 11.8. The Kier molecular flexibility index (Phi) is 6.21. The smallest absolute Gasteiger partial charge is 0.209 e. The summed E-state index contributed by atoms with van der Waals surface area (Å²) < 4.78 is 26.8. The molecule has 0 fully saturated rings. The molecule has 1 aromatic carbocycles. The summed E-state index contributed by atoms with van der Waals surface area (Å²) in [5.74, 6) is 0.465. The number of sulfonamides is 1. The zero-order valence-corrected chi connectivity index (χ0v) is 12.1. The molecule has 1 aromatic rings. The first kappa shape index (κ1) is 15.6. The molecule has 0 bridgehead atoms. The van der Waals surface area contributed by atoms with Gasteiger partial charge in [0, 0.05) is 0 Å². The van der Waals surface area contributed by atoms with Crippen molar-refractivity contribution >= 4 is 33.2 Å². The van der Waals surface area contributed by atoms with Crippen LogP contribution in [0.15, 0.2) is 18.2 Å². The summed E-state index contributed by atoms with van der Waals surface area (Å²) in [5.41, 5.74) is 0. The molecular formula is C11H15Cl2NO3S. The van der Waals surface area contributed by atoms with E-state index in [1.54, 1.807) is 18.2 Å². The van der Waals surface area contributed by atoms with Gasteiger partial charge in [-0.2, -0.15) is 0 Å². The second-order valence-corrected chi connectivity index (χ2v) is 6.38. The van der Waals surface area contributed by atoms with E-state index < -0.39 is 10.0 Å². The van der Waals surface area contributed by atoms with Gasteiger partial charge in [-0.1, -0.05) is 29.3 Å². The van der Waals surface area contributed by atoms with E-state index in [9.17, 15) is 8.42 Å². The maximum atomic E-state index is 10.7. The molecule has 0 saturated heterocycles. The molecule has 1 rings (SSSR count). The number of halogens is 2. The number of hydrogen-bond acceptors (Lipinski definition) is 3. The van der Waals surface area contributed by atoms with Gasteiger partial charge < -0.3 is 4.74 Å². The zero-order valence-electron chi connectivity index (χ0n) is 9.73. The molecule has 18 heavy (non-hydrogen) atoms. The van der Waals surface area contributed by atoms with Crippen LogP contribution in [0.4, 0.5) is 0 Å². The first-order chi connectivity index (χ1) is 8.40. The highest BCUT2D eigenvalue weighted by atomic mass is 35.5. The first-order valence-electron chi connectivity index (χ1n) is 5.47. The Labute approximate surface area is 117 Å². The van der Waals surface area contributed by atoms with E-state index in [2.05, 4.69) is 0 Å². The summed E-state index contributed by atoms with van der Waals surface area (Å²) in [6.07, 6.45) is 1.97. The van der Waals surface area contributed by atoms with E-state index in [0.29, 0.717) is 28.8 Å². The summed E-state index contributed by atoms with van der Waals surface area (Å²) in [6, 6.07) is 5.14. The van der Waals surface area contributed by atoms with Gasteiger partial charge in [0.25, 0.3) is 0 Å². The van der Waals surface area contributed by atoms with Crippen molar-refractivity contribution in [3.05, 3.63) is 28.2 Å². The lowest BCUT2D eigenvalue weighted by atomic mass is 10.2. The van der Waals surface area contributed by atoms with Gasteiger partial charge in [-0.3, -0.25) is 0 Å². The lowest BCUT2D eigenvalue weighted by Gasteiger charge is -2.09. The molecule has 102 valence electrons. The van der Waals surface area contributed by atoms with Crippen LogP contribution in [-0.2, 0) is 10.0 Å². The monoisotopic (exact) mass is 311 g/mol. The third-order valence-electron chi connectivity index (χ3n) is 2.24. The van der Waals surface area contributed by atoms with Crippen molar-refractivity contribution in [1.82, 2.24) is 0 Å². The minimum absolute atomic E-state index is 0.000149. The molecule has 4 nitrogen and oxygen atoms in total. The minimum Gasteiger partial charge on any atom is -0.490 e. The maximum Gasteiger partial charge on any atom is 0.209 e. The topological polar surface area (TPSA) is 69.4 Å². The molecule has 0 aliphatic carbocycles. The highest BCUT2D eigenvalue weighted by Crippen LogP contribution is 2.32. The van der Waals surface area contributed by atoms with Crippen molar-refractivity contribution in [3.8, 4) is 5.75 Å². The third kappa shape index (κ3) is 5.91. The second kappa shape index (κ2) is 7.19. The average Bonchev–Trinajstić information content (AvgIpc) is 2.25. The van der Waals surface area contributed by atoms with Crippen LogP contribution in [0.5, 0.6) is 5.75 Å². The lowest BCUT2D eigenvalue weighted by molar-refractivity contribution is 0.306. The van der Waals surface area contributed by atoms with Crippen LogP contribution in [0, 0.1) is 0 Å². The molecule has 0 spiro atoms. The Hall–Kier alpha value is -0.490. The predicted octanol–water partition coefficient (Wildman–Crippen LogP) is 2.83. The average molecular weight is 312 g/mol. The molecule has 0 amide bonds. The Balaban J connectivity index is 2.26. The molecule has 7 heteroatoms. The quantitative estimate of drug-likeness (QED) is 0.787. The summed E-state index contributed by atoms with van der Waals surface area (Å²) in [6.45, 7) is 0.439. The van der Waals surface area contributed by atoms with Crippen molar-refractivity contribution < 1.29 is 13.2 Å². The number of primary sulfonamides is 1. The first-order valence-corrected chi connectivity index (χ1v) is 7.94. The van der Waals surface area contributed by atoms with Crippen LogP contribution in [0.3, 0.4) is 0 Å². The summed E-state index contributed by atoms with van der Waals surface area (Å²) in [5, 5.41) is 5.82. The number of rotatable bonds is 7. The van der Waals surface area contributed by atoms with Gasteiger partial charge in [0.05, 0.1) is 22.4 Å². The van der Waals surface area contributed by atoms with Crippen LogP contribution in [-0.4, -0.2) is 20.8 Å². The van der Waals surface area contributed by atoms with Gasteiger partial charge in [-0.15, -0.1) is 0 Å². The summed E-state index contributed by atoms with van der Waals surface area (Å²) in [7, 11) is -3.36. The second-order valence-electron chi connectivity index (χ2n) is 3.83. The van der Waals surface area contributed by atoms with Crippen LogP contribution in [0.25, 0.3) is 0 Å². The summed E-state index contributed by atoms with van der Waals surface area (Å²) in [4.78, 5) is 0. The number of ether oxygens (including phenoxy) is 1. The van der Waals surface area contributed by atoms with E-state index in [-0.39, 0.29) is 5.75 Å². The fourth-order valence-corrected chi connectivity index (χ4v) is 2.49. The molecule has 0 radical (unpaired) electrons. The van der Waals surface area contributed by atoms with Gasteiger partial charge >= 0.3 is 0 Å². The Morgan fingerprint density at radius 2 is 1.72 bits per heavy atom. The fraction of sp³-hybridized carbons (Fsp3) is 0.455. The predicted molar refractivity (Wildman–Crippen MR) is 73.8 cm³/mol. The van der Waals surface area contributed by atoms with E-state index in [1.165, 1.54) is 0 Å². The van der Waals surface area contributed by atoms with Crippen LogP contribution in [0.1, 0.15) is 19.3 Å².